The molecule has 1 amide bonds. The Morgan fingerprint density at radius 2 is 2.00 bits per heavy atom. The van der Waals surface area contributed by atoms with Crippen LogP contribution in [-0.4, -0.2) is 23.2 Å². The van der Waals surface area contributed by atoms with Crippen LogP contribution in [0.25, 0.3) is 0 Å². The molecule has 0 aromatic heterocycles. The van der Waals surface area contributed by atoms with E-state index in [1.54, 1.807) is 0 Å². The van der Waals surface area contributed by atoms with Crippen LogP contribution in [0.15, 0.2) is 76.3 Å². The zero-order chi connectivity index (χ0) is 21.9. The smallest absolute Gasteiger partial charge is 0.306 e. The highest BCUT2D eigenvalue weighted by Crippen LogP contribution is 2.54. The summed E-state index contributed by atoms with van der Waals surface area (Å²) in [5, 5.41) is 9.81. The fourth-order valence-corrected chi connectivity index (χ4v) is 5.11. The summed E-state index contributed by atoms with van der Waals surface area (Å²) in [5.74, 6) is 1.30. The lowest BCUT2D eigenvalue weighted by Gasteiger charge is -2.44. The van der Waals surface area contributed by atoms with Crippen molar-refractivity contribution in [1.29, 1.82) is 0 Å². The van der Waals surface area contributed by atoms with Crippen LogP contribution in [0.3, 0.4) is 0 Å². The van der Waals surface area contributed by atoms with Crippen LogP contribution in [-0.2, 0) is 10.5 Å². The Morgan fingerprint density at radius 3 is 2.81 bits per heavy atom. The number of halogens is 1. The average Bonchev–Trinajstić information content (AvgIpc) is 3.36. The number of para-hydroxylation sites is 1. The first-order chi connectivity index (χ1) is 15.6. The Balaban J connectivity index is 1.51. The first kappa shape index (κ1) is 19.4. The number of fused-ring (bicyclic) bond motifs is 6. The minimum atomic E-state index is -1.36. The molecule has 3 heterocycles. The zero-order valence-corrected chi connectivity index (χ0v) is 18.9. The summed E-state index contributed by atoms with van der Waals surface area (Å²) in [7, 11) is 0. The van der Waals surface area contributed by atoms with Crippen molar-refractivity contribution >= 4 is 33.2 Å². The molecule has 0 aliphatic carbocycles. The SMILES string of the molecule is CCOc1ccc(C2=NN3C(C2)c2ccccc2OC32C(=O)Nc3ccc(Br)cc32)cc1. The number of benzene rings is 3. The van der Waals surface area contributed by atoms with Gasteiger partial charge in [0.15, 0.2) is 0 Å². The second kappa shape index (κ2) is 7.10. The van der Waals surface area contributed by atoms with E-state index in [2.05, 4.69) is 21.2 Å². The van der Waals surface area contributed by atoms with Crippen molar-refractivity contribution in [1.82, 2.24) is 5.01 Å². The van der Waals surface area contributed by atoms with Crippen molar-refractivity contribution in [3.8, 4) is 11.5 Å². The first-order valence-electron chi connectivity index (χ1n) is 10.6. The summed E-state index contributed by atoms with van der Waals surface area (Å²) in [6.45, 7) is 2.59. The highest BCUT2D eigenvalue weighted by Gasteiger charge is 2.60. The molecule has 2 atom stereocenters. The Bertz CT molecular complexity index is 1270. The monoisotopic (exact) mass is 489 g/mol. The predicted molar refractivity (Wildman–Crippen MR) is 125 cm³/mol. The standard InChI is InChI=1S/C25H20BrN3O3/c1-2-31-17-10-7-15(8-11-17)21-14-22-18-5-3-4-6-23(18)32-25(29(22)28-21)19-13-16(26)9-12-20(19)27-24(25)30/h3-13,22H,2,14H2,1H3,(H,27,30). The Morgan fingerprint density at radius 1 is 1.19 bits per heavy atom. The van der Waals surface area contributed by atoms with E-state index in [1.807, 2.05) is 78.7 Å². The molecule has 32 heavy (non-hydrogen) atoms. The lowest BCUT2D eigenvalue weighted by molar-refractivity contribution is -0.161. The highest BCUT2D eigenvalue weighted by atomic mass is 79.9. The molecule has 0 saturated carbocycles. The molecular weight excluding hydrogens is 470 g/mol. The molecule has 3 aliphatic rings. The van der Waals surface area contributed by atoms with E-state index in [4.69, 9.17) is 14.6 Å². The van der Waals surface area contributed by atoms with Gasteiger partial charge in [-0.2, -0.15) is 5.10 Å². The van der Waals surface area contributed by atoms with E-state index in [1.165, 1.54) is 0 Å². The van der Waals surface area contributed by atoms with Gasteiger partial charge in [0.25, 0.3) is 5.91 Å². The quantitative estimate of drug-likeness (QED) is 0.549. The van der Waals surface area contributed by atoms with Crippen molar-refractivity contribution < 1.29 is 14.3 Å². The minimum Gasteiger partial charge on any atom is -0.494 e. The molecule has 0 radical (unpaired) electrons. The van der Waals surface area contributed by atoms with E-state index in [-0.39, 0.29) is 11.9 Å². The average molecular weight is 490 g/mol. The molecule has 1 N–H and O–H groups in total. The number of hydrazone groups is 1. The van der Waals surface area contributed by atoms with Gasteiger partial charge >= 0.3 is 5.72 Å². The van der Waals surface area contributed by atoms with Crippen molar-refractivity contribution in [3.05, 3.63) is 87.9 Å². The summed E-state index contributed by atoms with van der Waals surface area (Å²) in [6, 6.07) is 21.4. The third-order valence-corrected chi connectivity index (χ3v) is 6.66. The van der Waals surface area contributed by atoms with E-state index in [0.29, 0.717) is 18.8 Å². The van der Waals surface area contributed by atoms with Crippen molar-refractivity contribution in [2.45, 2.75) is 25.1 Å². The fraction of sp³-hybridized carbons (Fsp3) is 0.200. The van der Waals surface area contributed by atoms with Gasteiger partial charge in [0, 0.05) is 16.5 Å². The summed E-state index contributed by atoms with van der Waals surface area (Å²) in [6.07, 6.45) is 0.673. The Kier molecular flexibility index (Phi) is 4.30. The van der Waals surface area contributed by atoms with E-state index >= 15 is 0 Å². The van der Waals surface area contributed by atoms with E-state index < -0.39 is 5.72 Å². The van der Waals surface area contributed by atoms with Gasteiger partial charge in [-0.25, -0.2) is 5.01 Å². The summed E-state index contributed by atoms with van der Waals surface area (Å²) in [4.78, 5) is 13.5. The third-order valence-electron chi connectivity index (χ3n) is 6.17. The largest absolute Gasteiger partial charge is 0.494 e. The molecule has 3 aliphatic heterocycles. The second-order valence-electron chi connectivity index (χ2n) is 8.00. The molecule has 3 aromatic rings. The zero-order valence-electron chi connectivity index (χ0n) is 17.3. The summed E-state index contributed by atoms with van der Waals surface area (Å²) >= 11 is 3.55. The van der Waals surface area contributed by atoms with E-state index in [0.717, 1.165) is 38.3 Å². The van der Waals surface area contributed by atoms with Crippen molar-refractivity contribution in [2.75, 3.05) is 11.9 Å². The number of nitrogens with zero attached hydrogens (tertiary/aromatic N) is 2. The molecule has 0 fully saturated rings. The van der Waals surface area contributed by atoms with Crippen molar-refractivity contribution in [3.63, 3.8) is 0 Å². The molecule has 2 unspecified atom stereocenters. The molecule has 0 bridgehead atoms. The lowest BCUT2D eigenvalue weighted by atomic mass is 9.92. The van der Waals surface area contributed by atoms with Gasteiger partial charge in [0.05, 0.1) is 29.6 Å². The van der Waals surface area contributed by atoms with Gasteiger partial charge in [-0.3, -0.25) is 4.79 Å². The molecular formula is C25H20BrN3O3. The van der Waals surface area contributed by atoms with Gasteiger partial charge in [-0.1, -0.05) is 34.1 Å². The lowest BCUT2D eigenvalue weighted by Crippen LogP contribution is -2.55. The maximum atomic E-state index is 13.5. The van der Waals surface area contributed by atoms with Crippen LogP contribution >= 0.6 is 15.9 Å². The Labute approximate surface area is 194 Å². The summed E-state index contributed by atoms with van der Waals surface area (Å²) in [5.41, 5.74) is 3.08. The molecule has 6 rings (SSSR count). The normalized spacial score (nSPS) is 22.6. The van der Waals surface area contributed by atoms with Gasteiger partial charge < -0.3 is 14.8 Å². The van der Waals surface area contributed by atoms with Gasteiger partial charge in [0.1, 0.15) is 11.5 Å². The number of nitrogens with one attached hydrogen (secondary N) is 1. The predicted octanol–water partition coefficient (Wildman–Crippen LogP) is 5.20. The van der Waals surface area contributed by atoms with Gasteiger partial charge in [-0.15, -0.1) is 0 Å². The number of amides is 1. The maximum Gasteiger partial charge on any atom is 0.306 e. The molecule has 7 heteroatoms. The van der Waals surface area contributed by atoms with Crippen LogP contribution < -0.4 is 14.8 Å². The molecule has 6 nitrogen and oxygen atoms in total. The Hall–Kier alpha value is -3.32. The molecule has 160 valence electrons. The van der Waals surface area contributed by atoms with Gasteiger partial charge in [0.2, 0.25) is 0 Å². The number of hydrogen-bond acceptors (Lipinski definition) is 5. The number of ether oxygens (including phenoxy) is 2. The minimum absolute atomic E-state index is 0.114. The molecule has 3 aromatic carbocycles. The van der Waals surface area contributed by atoms with Crippen LogP contribution in [0.5, 0.6) is 11.5 Å². The van der Waals surface area contributed by atoms with Gasteiger partial charge in [-0.05, 0) is 61.0 Å². The molecule has 1 spiro atoms. The fourth-order valence-electron chi connectivity index (χ4n) is 4.75. The third kappa shape index (κ3) is 2.70. The van der Waals surface area contributed by atoms with Crippen LogP contribution in [0, 0.1) is 0 Å². The topological polar surface area (TPSA) is 63.2 Å². The number of carbonyl (C=O) groups is 1. The number of hydrogen-bond donors (Lipinski definition) is 1. The van der Waals surface area contributed by atoms with E-state index in [9.17, 15) is 4.79 Å². The number of rotatable bonds is 3. The summed E-state index contributed by atoms with van der Waals surface area (Å²) < 4.78 is 12.9. The second-order valence-corrected chi connectivity index (χ2v) is 8.91. The highest BCUT2D eigenvalue weighted by molar-refractivity contribution is 9.10. The van der Waals surface area contributed by atoms with Crippen LogP contribution in [0.2, 0.25) is 0 Å². The first-order valence-corrected chi connectivity index (χ1v) is 11.4. The van der Waals surface area contributed by atoms with Crippen LogP contribution in [0.4, 0.5) is 5.69 Å². The number of carbonyl (C=O) groups excluding carboxylic acids is 1. The maximum absolute atomic E-state index is 13.5. The van der Waals surface area contributed by atoms with Crippen LogP contribution in [0.1, 0.15) is 36.1 Å². The molecule has 0 saturated heterocycles. The number of anilines is 1. The van der Waals surface area contributed by atoms with Crippen molar-refractivity contribution in [2.24, 2.45) is 5.10 Å².